The summed E-state index contributed by atoms with van der Waals surface area (Å²) in [6, 6.07) is 0.856. The van der Waals surface area contributed by atoms with E-state index in [1.54, 1.807) is 0 Å². The second-order valence-corrected chi connectivity index (χ2v) is 4.98. The first-order valence-electron chi connectivity index (χ1n) is 7.07. The predicted molar refractivity (Wildman–Crippen MR) is 74.6 cm³/mol. The van der Waals surface area contributed by atoms with Crippen molar-refractivity contribution >= 4 is 5.82 Å². The SMILES string of the molecule is FC(F)(F)c1ccnc(CCNc2ncnc3c2COCC3)n1. The summed E-state index contributed by atoms with van der Waals surface area (Å²) in [6.07, 6.45) is -0.903. The second-order valence-electron chi connectivity index (χ2n) is 4.98. The van der Waals surface area contributed by atoms with Crippen LogP contribution in [-0.4, -0.2) is 33.1 Å². The van der Waals surface area contributed by atoms with Crippen LogP contribution in [0.4, 0.5) is 19.0 Å². The van der Waals surface area contributed by atoms with Crippen LogP contribution in [0.3, 0.4) is 0 Å². The maximum atomic E-state index is 12.6. The summed E-state index contributed by atoms with van der Waals surface area (Å²) >= 11 is 0. The Bertz CT molecular complexity index is 692. The van der Waals surface area contributed by atoms with Gasteiger partial charge in [0.1, 0.15) is 23.7 Å². The van der Waals surface area contributed by atoms with Crippen molar-refractivity contribution < 1.29 is 17.9 Å². The van der Waals surface area contributed by atoms with Gasteiger partial charge in [-0.25, -0.2) is 19.9 Å². The molecule has 1 aliphatic heterocycles. The van der Waals surface area contributed by atoms with Crippen molar-refractivity contribution in [2.75, 3.05) is 18.5 Å². The van der Waals surface area contributed by atoms with E-state index in [0.717, 1.165) is 29.9 Å². The molecule has 0 spiro atoms. The molecule has 3 rings (SSSR count). The third-order valence-electron chi connectivity index (χ3n) is 3.40. The van der Waals surface area contributed by atoms with Gasteiger partial charge in [0.15, 0.2) is 0 Å². The molecular formula is C14H14F3N5O. The largest absolute Gasteiger partial charge is 0.433 e. The lowest BCUT2D eigenvalue weighted by molar-refractivity contribution is -0.141. The van der Waals surface area contributed by atoms with Crippen LogP contribution in [0.15, 0.2) is 18.6 Å². The van der Waals surface area contributed by atoms with Gasteiger partial charge in [-0.15, -0.1) is 0 Å². The van der Waals surface area contributed by atoms with Crippen molar-refractivity contribution in [2.24, 2.45) is 0 Å². The smallest absolute Gasteiger partial charge is 0.376 e. The molecule has 0 bridgehead atoms. The number of hydrogen-bond acceptors (Lipinski definition) is 6. The average Bonchev–Trinajstić information content (AvgIpc) is 2.55. The fourth-order valence-corrected chi connectivity index (χ4v) is 2.28. The lowest BCUT2D eigenvalue weighted by Crippen LogP contribution is -2.18. The summed E-state index contributed by atoms with van der Waals surface area (Å²) in [5, 5.41) is 3.09. The minimum absolute atomic E-state index is 0.131. The topological polar surface area (TPSA) is 72.8 Å². The van der Waals surface area contributed by atoms with Gasteiger partial charge in [-0.05, 0) is 6.07 Å². The normalized spacial score (nSPS) is 14.4. The molecule has 0 radical (unpaired) electrons. The van der Waals surface area contributed by atoms with E-state index in [1.807, 2.05) is 0 Å². The van der Waals surface area contributed by atoms with Crippen molar-refractivity contribution in [3.8, 4) is 0 Å². The molecule has 2 aromatic heterocycles. The zero-order valence-corrected chi connectivity index (χ0v) is 12.1. The molecule has 1 aliphatic rings. The van der Waals surface area contributed by atoms with E-state index < -0.39 is 11.9 Å². The Hall–Kier alpha value is -2.29. The van der Waals surface area contributed by atoms with Crippen molar-refractivity contribution in [1.82, 2.24) is 19.9 Å². The quantitative estimate of drug-likeness (QED) is 0.927. The zero-order chi connectivity index (χ0) is 16.3. The van der Waals surface area contributed by atoms with Gasteiger partial charge in [0.25, 0.3) is 0 Å². The van der Waals surface area contributed by atoms with E-state index in [-0.39, 0.29) is 12.2 Å². The van der Waals surface area contributed by atoms with Crippen molar-refractivity contribution in [3.63, 3.8) is 0 Å². The van der Waals surface area contributed by atoms with Crippen molar-refractivity contribution in [3.05, 3.63) is 41.4 Å². The summed E-state index contributed by atoms with van der Waals surface area (Å²) in [7, 11) is 0. The van der Waals surface area contributed by atoms with Crippen LogP contribution < -0.4 is 5.32 Å². The molecule has 0 unspecified atom stereocenters. The molecule has 0 aliphatic carbocycles. The standard InChI is InChI=1S/C14H14F3N5O/c15-14(16,17)11-1-4-18-12(22-11)2-5-19-13-9-7-23-6-3-10(9)20-8-21-13/h1,4,8H,2-3,5-7H2,(H,19,20,21). The van der Waals surface area contributed by atoms with Crippen LogP contribution in [0, 0.1) is 0 Å². The first-order valence-corrected chi connectivity index (χ1v) is 7.07. The number of nitrogens with zero attached hydrogens (tertiary/aromatic N) is 4. The average molecular weight is 325 g/mol. The van der Waals surface area contributed by atoms with Crippen LogP contribution >= 0.6 is 0 Å². The Morgan fingerprint density at radius 3 is 2.91 bits per heavy atom. The highest BCUT2D eigenvalue weighted by Gasteiger charge is 2.32. The molecule has 6 nitrogen and oxygen atoms in total. The minimum atomic E-state index is -4.46. The van der Waals surface area contributed by atoms with E-state index in [2.05, 4.69) is 25.3 Å². The van der Waals surface area contributed by atoms with Gasteiger partial charge in [0.05, 0.1) is 18.9 Å². The van der Waals surface area contributed by atoms with E-state index in [9.17, 15) is 13.2 Å². The van der Waals surface area contributed by atoms with Gasteiger partial charge in [-0.2, -0.15) is 13.2 Å². The number of hydrogen-bond donors (Lipinski definition) is 1. The molecule has 2 aromatic rings. The summed E-state index contributed by atoms with van der Waals surface area (Å²) < 4.78 is 43.2. The molecule has 23 heavy (non-hydrogen) atoms. The van der Waals surface area contributed by atoms with Crippen LogP contribution in [0.1, 0.15) is 22.8 Å². The molecule has 0 amide bonds. The third kappa shape index (κ3) is 3.73. The number of rotatable bonds is 4. The molecule has 3 heterocycles. The highest BCUT2D eigenvalue weighted by molar-refractivity contribution is 5.46. The number of alkyl halides is 3. The zero-order valence-electron chi connectivity index (χ0n) is 12.1. The monoisotopic (exact) mass is 325 g/mol. The fraction of sp³-hybridized carbons (Fsp3) is 0.429. The lowest BCUT2D eigenvalue weighted by Gasteiger charge is -2.18. The Kier molecular flexibility index (Phi) is 4.37. The number of halogens is 3. The molecule has 0 fully saturated rings. The number of ether oxygens (including phenoxy) is 1. The lowest BCUT2D eigenvalue weighted by atomic mass is 10.1. The number of fused-ring (bicyclic) bond motifs is 1. The number of nitrogens with one attached hydrogen (secondary N) is 1. The second kappa shape index (κ2) is 6.45. The Balaban J connectivity index is 1.64. The Morgan fingerprint density at radius 1 is 1.22 bits per heavy atom. The summed E-state index contributed by atoms with van der Waals surface area (Å²) in [4.78, 5) is 15.8. The van der Waals surface area contributed by atoms with Gasteiger partial charge >= 0.3 is 6.18 Å². The molecule has 9 heteroatoms. The third-order valence-corrected chi connectivity index (χ3v) is 3.40. The van der Waals surface area contributed by atoms with Crippen LogP contribution in [0.25, 0.3) is 0 Å². The number of anilines is 1. The van der Waals surface area contributed by atoms with E-state index in [0.29, 0.717) is 25.6 Å². The van der Waals surface area contributed by atoms with Crippen LogP contribution in [-0.2, 0) is 30.4 Å². The van der Waals surface area contributed by atoms with E-state index >= 15 is 0 Å². The highest BCUT2D eigenvalue weighted by atomic mass is 19.4. The highest BCUT2D eigenvalue weighted by Crippen LogP contribution is 2.27. The van der Waals surface area contributed by atoms with Crippen LogP contribution in [0.2, 0.25) is 0 Å². The maximum Gasteiger partial charge on any atom is 0.433 e. The van der Waals surface area contributed by atoms with Gasteiger partial charge in [-0.1, -0.05) is 0 Å². The summed E-state index contributed by atoms with van der Waals surface area (Å²) in [5.74, 6) is 0.771. The van der Waals surface area contributed by atoms with Crippen molar-refractivity contribution in [2.45, 2.75) is 25.6 Å². The molecule has 122 valence electrons. The predicted octanol–water partition coefficient (Wildman–Crippen LogP) is 2.01. The molecule has 0 aromatic carbocycles. The van der Waals surface area contributed by atoms with Crippen LogP contribution in [0.5, 0.6) is 0 Å². The molecule has 1 N–H and O–H groups in total. The van der Waals surface area contributed by atoms with Gasteiger partial charge in [0, 0.05) is 31.1 Å². The van der Waals surface area contributed by atoms with Gasteiger partial charge in [0.2, 0.25) is 0 Å². The maximum absolute atomic E-state index is 12.6. The number of aromatic nitrogens is 4. The van der Waals surface area contributed by atoms with Crippen molar-refractivity contribution in [1.29, 1.82) is 0 Å². The molecular weight excluding hydrogens is 311 g/mol. The van der Waals surface area contributed by atoms with Gasteiger partial charge in [-0.3, -0.25) is 0 Å². The summed E-state index contributed by atoms with van der Waals surface area (Å²) in [6.45, 7) is 1.42. The first-order chi connectivity index (χ1) is 11.0. The summed E-state index contributed by atoms with van der Waals surface area (Å²) in [5.41, 5.74) is 0.892. The van der Waals surface area contributed by atoms with Gasteiger partial charge < -0.3 is 10.1 Å². The molecule has 0 saturated carbocycles. The Morgan fingerprint density at radius 2 is 2.09 bits per heavy atom. The van der Waals surface area contributed by atoms with E-state index in [1.165, 1.54) is 6.33 Å². The minimum Gasteiger partial charge on any atom is -0.376 e. The first kappa shape index (κ1) is 15.6. The Labute approximate surface area is 130 Å². The van der Waals surface area contributed by atoms with E-state index in [4.69, 9.17) is 4.74 Å². The fourth-order valence-electron chi connectivity index (χ4n) is 2.28. The molecule has 0 saturated heterocycles. The molecule has 0 atom stereocenters.